The lowest BCUT2D eigenvalue weighted by Gasteiger charge is -2.30. The first-order valence-electron chi connectivity index (χ1n) is 8.14. The molecule has 126 valence electrons. The van der Waals surface area contributed by atoms with E-state index in [1.54, 1.807) is 10.3 Å². The van der Waals surface area contributed by atoms with E-state index >= 15 is 0 Å². The number of hydrogen-bond acceptors (Lipinski definition) is 4. The van der Waals surface area contributed by atoms with Gasteiger partial charge in [-0.3, -0.25) is 9.59 Å². The number of carboxylic acid groups (broad SMARTS) is 1. The Kier molecular flexibility index (Phi) is 5.25. The van der Waals surface area contributed by atoms with Gasteiger partial charge in [-0.1, -0.05) is 30.3 Å². The molecule has 1 aromatic carbocycles. The van der Waals surface area contributed by atoms with Crippen LogP contribution >= 0.6 is 11.3 Å². The number of carboxylic acids is 1. The van der Waals surface area contributed by atoms with E-state index in [1.807, 2.05) is 18.2 Å². The van der Waals surface area contributed by atoms with Gasteiger partial charge in [0.2, 0.25) is 0 Å². The zero-order valence-electron chi connectivity index (χ0n) is 13.4. The van der Waals surface area contributed by atoms with Gasteiger partial charge in [0.15, 0.2) is 0 Å². The van der Waals surface area contributed by atoms with Crippen molar-refractivity contribution in [3.63, 3.8) is 0 Å². The van der Waals surface area contributed by atoms with Gasteiger partial charge in [-0.2, -0.15) is 0 Å². The third-order valence-electron chi connectivity index (χ3n) is 4.30. The zero-order valence-corrected chi connectivity index (χ0v) is 14.2. The summed E-state index contributed by atoms with van der Waals surface area (Å²) >= 11 is 1.49. The minimum absolute atomic E-state index is 0.150. The average Bonchev–Trinajstić information content (AvgIpc) is 3.09. The molecule has 1 N–H and O–H groups in total. The summed E-state index contributed by atoms with van der Waals surface area (Å²) in [5, 5.41) is 11.9. The normalized spacial score (nSPS) is 17.7. The van der Waals surface area contributed by atoms with Crippen molar-refractivity contribution in [1.29, 1.82) is 0 Å². The summed E-state index contributed by atoms with van der Waals surface area (Å²) in [6.07, 6.45) is 3.07. The van der Waals surface area contributed by atoms with Gasteiger partial charge < -0.3 is 10.0 Å². The fraction of sp³-hybridized carbons (Fsp3) is 0.389. The Morgan fingerprint density at radius 2 is 2.04 bits per heavy atom. The number of rotatable bonds is 5. The fourth-order valence-corrected chi connectivity index (χ4v) is 3.72. The van der Waals surface area contributed by atoms with Crippen LogP contribution in [-0.4, -0.2) is 40.0 Å². The first-order chi connectivity index (χ1) is 11.6. The third kappa shape index (κ3) is 4.00. The highest BCUT2D eigenvalue weighted by atomic mass is 32.1. The van der Waals surface area contributed by atoms with Crippen LogP contribution in [-0.2, 0) is 17.6 Å². The van der Waals surface area contributed by atoms with Gasteiger partial charge in [0.05, 0.1) is 10.9 Å². The molecule has 0 aliphatic carbocycles. The van der Waals surface area contributed by atoms with Crippen molar-refractivity contribution in [3.05, 3.63) is 52.0 Å². The number of aliphatic carboxylic acids is 1. The molecule has 6 heteroatoms. The molecule has 24 heavy (non-hydrogen) atoms. The maximum atomic E-state index is 12.5. The predicted octanol–water partition coefficient (Wildman–Crippen LogP) is 2.87. The number of carbonyl (C=O) groups is 2. The largest absolute Gasteiger partial charge is 0.481 e. The molecular weight excluding hydrogens is 324 g/mol. The Bertz CT molecular complexity index is 714. The average molecular weight is 344 g/mol. The van der Waals surface area contributed by atoms with Crippen LogP contribution in [0.3, 0.4) is 0 Å². The minimum Gasteiger partial charge on any atom is -0.481 e. The van der Waals surface area contributed by atoms with Crippen LogP contribution in [0.4, 0.5) is 0 Å². The molecule has 0 saturated carbocycles. The van der Waals surface area contributed by atoms with Gasteiger partial charge in [0, 0.05) is 24.9 Å². The number of hydrogen-bond donors (Lipinski definition) is 1. The Balaban J connectivity index is 1.60. The Hall–Kier alpha value is -2.21. The van der Waals surface area contributed by atoms with Crippen molar-refractivity contribution >= 4 is 23.2 Å². The van der Waals surface area contributed by atoms with Gasteiger partial charge in [-0.05, 0) is 24.8 Å². The number of nitrogens with zero attached hydrogens (tertiary/aromatic N) is 2. The van der Waals surface area contributed by atoms with E-state index in [-0.39, 0.29) is 12.5 Å². The summed E-state index contributed by atoms with van der Waals surface area (Å²) in [5.41, 5.74) is 1.69. The number of aryl methyl sites for hydroxylation is 2. The van der Waals surface area contributed by atoms with E-state index in [4.69, 9.17) is 5.11 Å². The summed E-state index contributed by atoms with van der Waals surface area (Å²) in [5.74, 6) is -1.43. The van der Waals surface area contributed by atoms with E-state index in [1.165, 1.54) is 16.9 Å². The number of amides is 1. The standard InChI is InChI=1S/C18H20N2O3S/c21-17(20-10-4-7-14(11-20)18(22)23)15-12-24-16(19-15)9-8-13-5-2-1-3-6-13/h1-3,5-6,12,14H,4,7-11H2,(H,22,23). The molecule has 2 aromatic rings. The van der Waals surface area contributed by atoms with Gasteiger partial charge in [-0.25, -0.2) is 4.98 Å². The molecule has 1 unspecified atom stereocenters. The molecule has 1 aromatic heterocycles. The second-order valence-electron chi connectivity index (χ2n) is 6.04. The first kappa shape index (κ1) is 16.6. The van der Waals surface area contributed by atoms with E-state index in [0.717, 1.165) is 24.3 Å². The summed E-state index contributed by atoms with van der Waals surface area (Å²) in [7, 11) is 0. The van der Waals surface area contributed by atoms with Crippen LogP contribution in [0.2, 0.25) is 0 Å². The lowest BCUT2D eigenvalue weighted by Crippen LogP contribution is -2.42. The zero-order chi connectivity index (χ0) is 16.9. The molecule has 0 radical (unpaired) electrons. The number of likely N-dealkylation sites (tertiary alicyclic amines) is 1. The third-order valence-corrected chi connectivity index (χ3v) is 5.21. The van der Waals surface area contributed by atoms with Crippen molar-refractivity contribution in [2.75, 3.05) is 13.1 Å². The molecule has 1 saturated heterocycles. The van der Waals surface area contributed by atoms with Crippen molar-refractivity contribution < 1.29 is 14.7 Å². The van der Waals surface area contributed by atoms with Crippen LogP contribution in [0.15, 0.2) is 35.7 Å². The molecule has 0 bridgehead atoms. The molecule has 1 fully saturated rings. The molecule has 0 spiro atoms. The monoisotopic (exact) mass is 344 g/mol. The van der Waals surface area contributed by atoms with Crippen LogP contribution in [0.5, 0.6) is 0 Å². The lowest BCUT2D eigenvalue weighted by molar-refractivity contribution is -0.143. The van der Waals surface area contributed by atoms with E-state index in [9.17, 15) is 9.59 Å². The number of carbonyl (C=O) groups excluding carboxylic acids is 1. The molecule has 5 nitrogen and oxygen atoms in total. The second-order valence-corrected chi connectivity index (χ2v) is 6.98. The molecule has 1 aliphatic rings. The van der Waals surface area contributed by atoms with Crippen LogP contribution in [0, 0.1) is 5.92 Å². The molecule has 1 aliphatic heterocycles. The second kappa shape index (κ2) is 7.57. The van der Waals surface area contributed by atoms with Gasteiger partial charge >= 0.3 is 5.97 Å². The minimum atomic E-state index is -0.825. The molecular formula is C18H20N2O3S. The van der Waals surface area contributed by atoms with Gasteiger partial charge in [0.1, 0.15) is 5.69 Å². The van der Waals surface area contributed by atoms with E-state index < -0.39 is 11.9 Å². The number of thiazole rings is 1. The highest BCUT2D eigenvalue weighted by molar-refractivity contribution is 7.09. The smallest absolute Gasteiger partial charge is 0.308 e. The van der Waals surface area contributed by atoms with Crippen molar-refractivity contribution in [1.82, 2.24) is 9.88 Å². The Morgan fingerprint density at radius 1 is 1.25 bits per heavy atom. The van der Waals surface area contributed by atoms with E-state index in [2.05, 4.69) is 17.1 Å². The number of piperidine rings is 1. The maximum Gasteiger partial charge on any atom is 0.308 e. The van der Waals surface area contributed by atoms with Crippen LogP contribution in [0.1, 0.15) is 33.9 Å². The number of aromatic nitrogens is 1. The van der Waals surface area contributed by atoms with Crippen molar-refractivity contribution in [2.45, 2.75) is 25.7 Å². The Morgan fingerprint density at radius 3 is 2.79 bits per heavy atom. The van der Waals surface area contributed by atoms with Crippen molar-refractivity contribution in [3.8, 4) is 0 Å². The molecule has 3 rings (SSSR count). The van der Waals surface area contributed by atoms with Crippen molar-refractivity contribution in [2.24, 2.45) is 5.92 Å². The van der Waals surface area contributed by atoms with Gasteiger partial charge in [0.25, 0.3) is 5.91 Å². The number of benzene rings is 1. The van der Waals surface area contributed by atoms with Crippen LogP contribution < -0.4 is 0 Å². The molecule has 1 amide bonds. The summed E-state index contributed by atoms with van der Waals surface area (Å²) in [4.78, 5) is 29.7. The summed E-state index contributed by atoms with van der Waals surface area (Å²) in [6, 6.07) is 10.2. The first-order valence-corrected chi connectivity index (χ1v) is 9.02. The summed E-state index contributed by atoms with van der Waals surface area (Å²) < 4.78 is 0. The van der Waals surface area contributed by atoms with Gasteiger partial charge in [-0.15, -0.1) is 11.3 Å². The molecule has 2 heterocycles. The maximum absolute atomic E-state index is 12.5. The van der Waals surface area contributed by atoms with E-state index in [0.29, 0.717) is 18.7 Å². The predicted molar refractivity (Wildman–Crippen MR) is 92.2 cm³/mol. The Labute approximate surface area is 145 Å². The highest BCUT2D eigenvalue weighted by Crippen LogP contribution is 2.20. The fourth-order valence-electron chi connectivity index (χ4n) is 2.95. The molecule has 1 atom stereocenters. The quantitative estimate of drug-likeness (QED) is 0.905. The SMILES string of the molecule is O=C(O)C1CCCN(C(=O)c2csc(CCc3ccccc3)n2)C1. The topological polar surface area (TPSA) is 70.5 Å². The van der Waals surface area contributed by atoms with Crippen LogP contribution in [0.25, 0.3) is 0 Å². The lowest BCUT2D eigenvalue weighted by atomic mass is 9.98. The summed E-state index contributed by atoms with van der Waals surface area (Å²) in [6.45, 7) is 0.893. The highest BCUT2D eigenvalue weighted by Gasteiger charge is 2.29.